The Kier molecular flexibility index (Phi) is 2.51. The van der Waals surface area contributed by atoms with Crippen molar-refractivity contribution in [3.63, 3.8) is 0 Å². The van der Waals surface area contributed by atoms with Gasteiger partial charge in [0.05, 0.1) is 0 Å². The lowest BCUT2D eigenvalue weighted by Gasteiger charge is -2.02. The first-order valence-electron chi connectivity index (χ1n) is 4.51. The number of hydrogen-bond donors (Lipinski definition) is 1. The average molecular weight is 217 g/mol. The zero-order valence-electron chi connectivity index (χ0n) is 8.10. The third-order valence-corrected chi connectivity index (χ3v) is 1.93. The van der Waals surface area contributed by atoms with Crippen LogP contribution in [0.1, 0.15) is 0 Å². The van der Waals surface area contributed by atoms with Gasteiger partial charge in [-0.25, -0.2) is 4.79 Å². The third-order valence-electron chi connectivity index (χ3n) is 1.93. The SMILES string of the molecule is O=C1C=C(C(=O)Oc2ccccc2)C(=O)N1. The Labute approximate surface area is 90.7 Å². The van der Waals surface area contributed by atoms with E-state index in [1.165, 1.54) is 0 Å². The molecule has 0 bridgehead atoms. The van der Waals surface area contributed by atoms with E-state index >= 15 is 0 Å². The van der Waals surface area contributed by atoms with Gasteiger partial charge >= 0.3 is 5.97 Å². The predicted molar refractivity (Wildman–Crippen MR) is 53.3 cm³/mol. The first-order valence-corrected chi connectivity index (χ1v) is 4.51. The van der Waals surface area contributed by atoms with Gasteiger partial charge in [-0.15, -0.1) is 0 Å². The molecule has 0 unspecified atom stereocenters. The zero-order valence-corrected chi connectivity index (χ0v) is 8.10. The molecule has 80 valence electrons. The third kappa shape index (κ3) is 1.98. The fourth-order valence-electron chi connectivity index (χ4n) is 1.21. The molecule has 16 heavy (non-hydrogen) atoms. The maximum Gasteiger partial charge on any atom is 0.349 e. The number of esters is 1. The fourth-order valence-corrected chi connectivity index (χ4v) is 1.21. The Bertz CT molecular complexity index is 490. The second-order valence-electron chi connectivity index (χ2n) is 3.08. The van der Waals surface area contributed by atoms with Crippen LogP contribution < -0.4 is 10.1 Å². The molecule has 0 fully saturated rings. The van der Waals surface area contributed by atoms with Crippen LogP contribution in [0.15, 0.2) is 42.0 Å². The van der Waals surface area contributed by atoms with Gasteiger partial charge in [0.1, 0.15) is 11.3 Å². The molecule has 1 aliphatic rings. The van der Waals surface area contributed by atoms with Crippen LogP contribution >= 0.6 is 0 Å². The number of carbonyl (C=O) groups excluding carboxylic acids is 3. The Morgan fingerprint density at radius 2 is 1.81 bits per heavy atom. The van der Waals surface area contributed by atoms with Crippen LogP contribution in [0.4, 0.5) is 0 Å². The molecule has 0 radical (unpaired) electrons. The average Bonchev–Trinajstić information content (AvgIpc) is 2.59. The molecule has 1 aromatic carbocycles. The van der Waals surface area contributed by atoms with Crippen LogP contribution in [-0.2, 0) is 14.4 Å². The van der Waals surface area contributed by atoms with Crippen molar-refractivity contribution in [3.8, 4) is 5.75 Å². The maximum atomic E-state index is 11.5. The van der Waals surface area contributed by atoms with Crippen molar-refractivity contribution in [1.82, 2.24) is 5.32 Å². The van der Waals surface area contributed by atoms with Gasteiger partial charge in [-0.05, 0) is 12.1 Å². The number of ether oxygens (including phenoxy) is 1. The maximum absolute atomic E-state index is 11.5. The van der Waals surface area contributed by atoms with Crippen LogP contribution in [0.5, 0.6) is 5.75 Å². The standard InChI is InChI=1S/C11H7NO4/c13-9-6-8(10(14)12-9)11(15)16-7-4-2-1-3-5-7/h1-6H,(H,12,13,14). The van der Waals surface area contributed by atoms with Crippen molar-refractivity contribution in [2.75, 3.05) is 0 Å². The Balaban J connectivity index is 2.13. The quantitative estimate of drug-likeness (QED) is 0.332. The summed E-state index contributed by atoms with van der Waals surface area (Å²) in [5.74, 6) is -1.86. The number of para-hydroxylation sites is 1. The lowest BCUT2D eigenvalue weighted by atomic mass is 10.3. The number of rotatable bonds is 2. The van der Waals surface area contributed by atoms with E-state index in [9.17, 15) is 14.4 Å². The van der Waals surface area contributed by atoms with E-state index in [1.54, 1.807) is 30.3 Å². The summed E-state index contributed by atoms with van der Waals surface area (Å²) in [5.41, 5.74) is -0.283. The molecule has 5 nitrogen and oxygen atoms in total. The summed E-state index contributed by atoms with van der Waals surface area (Å²) >= 11 is 0. The molecule has 1 aromatic rings. The highest BCUT2D eigenvalue weighted by Crippen LogP contribution is 2.12. The van der Waals surface area contributed by atoms with Crippen LogP contribution in [0.25, 0.3) is 0 Å². The van der Waals surface area contributed by atoms with E-state index in [0.29, 0.717) is 5.75 Å². The largest absolute Gasteiger partial charge is 0.423 e. The Morgan fingerprint density at radius 1 is 1.12 bits per heavy atom. The molecule has 5 heteroatoms. The minimum atomic E-state index is -0.838. The minimum Gasteiger partial charge on any atom is -0.423 e. The topological polar surface area (TPSA) is 72.5 Å². The van der Waals surface area contributed by atoms with Crippen LogP contribution in [0, 0.1) is 0 Å². The molecule has 0 aromatic heterocycles. The van der Waals surface area contributed by atoms with E-state index in [4.69, 9.17) is 4.74 Å². The molecule has 1 heterocycles. The molecule has 2 rings (SSSR count). The van der Waals surface area contributed by atoms with Gasteiger partial charge in [0.2, 0.25) is 0 Å². The van der Waals surface area contributed by atoms with Crippen molar-refractivity contribution in [3.05, 3.63) is 42.0 Å². The van der Waals surface area contributed by atoms with Gasteiger partial charge in [0.15, 0.2) is 0 Å². The molecule has 0 spiro atoms. The highest BCUT2D eigenvalue weighted by Gasteiger charge is 2.28. The monoisotopic (exact) mass is 217 g/mol. The van der Waals surface area contributed by atoms with E-state index in [1.807, 2.05) is 5.32 Å². The van der Waals surface area contributed by atoms with Crippen molar-refractivity contribution >= 4 is 17.8 Å². The Hall–Kier alpha value is -2.43. The van der Waals surface area contributed by atoms with Crippen LogP contribution in [0.3, 0.4) is 0 Å². The highest BCUT2D eigenvalue weighted by atomic mass is 16.5. The normalized spacial score (nSPS) is 14.4. The summed E-state index contributed by atoms with van der Waals surface area (Å²) in [5, 5.41) is 1.96. The van der Waals surface area contributed by atoms with Gasteiger partial charge in [0.25, 0.3) is 11.8 Å². The van der Waals surface area contributed by atoms with E-state index in [-0.39, 0.29) is 5.57 Å². The molecular formula is C11H7NO4. The lowest BCUT2D eigenvalue weighted by Crippen LogP contribution is -2.25. The Morgan fingerprint density at radius 3 is 2.38 bits per heavy atom. The predicted octanol–water partition coefficient (Wildman–Crippen LogP) is 0.175. The van der Waals surface area contributed by atoms with Gasteiger partial charge in [-0.3, -0.25) is 14.9 Å². The highest BCUT2D eigenvalue weighted by molar-refractivity contribution is 6.28. The fraction of sp³-hybridized carbons (Fsp3) is 0. The lowest BCUT2D eigenvalue weighted by molar-refractivity contribution is -0.132. The van der Waals surface area contributed by atoms with Gasteiger partial charge in [0, 0.05) is 6.08 Å². The summed E-state index contributed by atoms with van der Waals surface area (Å²) in [6, 6.07) is 8.30. The van der Waals surface area contributed by atoms with Gasteiger partial charge in [-0.1, -0.05) is 18.2 Å². The van der Waals surface area contributed by atoms with Gasteiger partial charge < -0.3 is 4.74 Å². The first-order chi connectivity index (χ1) is 7.66. The number of nitrogens with one attached hydrogen (secondary N) is 1. The van der Waals surface area contributed by atoms with E-state index in [2.05, 4.69) is 0 Å². The van der Waals surface area contributed by atoms with Crippen molar-refractivity contribution in [2.24, 2.45) is 0 Å². The summed E-state index contributed by atoms with van der Waals surface area (Å²) in [4.78, 5) is 33.4. The summed E-state index contributed by atoms with van der Waals surface area (Å²) in [7, 11) is 0. The second-order valence-corrected chi connectivity index (χ2v) is 3.08. The molecular weight excluding hydrogens is 210 g/mol. The molecule has 0 saturated carbocycles. The number of benzene rings is 1. The summed E-state index contributed by atoms with van der Waals surface area (Å²) in [6.07, 6.45) is 0.924. The summed E-state index contributed by atoms with van der Waals surface area (Å²) in [6.45, 7) is 0. The summed E-state index contributed by atoms with van der Waals surface area (Å²) < 4.78 is 4.90. The van der Waals surface area contributed by atoms with Crippen LogP contribution in [0.2, 0.25) is 0 Å². The first kappa shape index (κ1) is 10.1. The van der Waals surface area contributed by atoms with Crippen molar-refractivity contribution in [1.29, 1.82) is 0 Å². The van der Waals surface area contributed by atoms with Crippen molar-refractivity contribution in [2.45, 2.75) is 0 Å². The minimum absolute atomic E-state index is 0.283. The molecule has 0 saturated heterocycles. The zero-order chi connectivity index (χ0) is 11.5. The number of amides is 2. The molecule has 1 aliphatic heterocycles. The van der Waals surface area contributed by atoms with E-state index in [0.717, 1.165) is 6.08 Å². The number of hydrogen-bond acceptors (Lipinski definition) is 4. The molecule has 0 aliphatic carbocycles. The van der Waals surface area contributed by atoms with Crippen LogP contribution in [-0.4, -0.2) is 17.8 Å². The van der Waals surface area contributed by atoms with Gasteiger partial charge in [-0.2, -0.15) is 0 Å². The molecule has 2 amide bonds. The number of imide groups is 1. The molecule has 0 atom stereocenters. The van der Waals surface area contributed by atoms with Crippen molar-refractivity contribution < 1.29 is 19.1 Å². The number of carbonyl (C=O) groups is 3. The molecule has 1 N–H and O–H groups in total. The smallest absolute Gasteiger partial charge is 0.349 e. The second kappa shape index (κ2) is 3.98. The van der Waals surface area contributed by atoms with E-state index < -0.39 is 17.8 Å².